The summed E-state index contributed by atoms with van der Waals surface area (Å²) >= 11 is 0. The monoisotopic (exact) mass is 305 g/mol. The van der Waals surface area contributed by atoms with Gasteiger partial charge >= 0.3 is 5.97 Å². The van der Waals surface area contributed by atoms with Crippen LogP contribution in [0.1, 0.15) is 15.9 Å². The Bertz CT molecular complexity index is 717. The van der Waals surface area contributed by atoms with Crippen LogP contribution in [0.5, 0.6) is 5.75 Å². The molecule has 0 saturated heterocycles. The van der Waals surface area contributed by atoms with E-state index in [-0.39, 0.29) is 23.6 Å². The van der Waals surface area contributed by atoms with Gasteiger partial charge in [-0.05, 0) is 12.1 Å². The van der Waals surface area contributed by atoms with Crippen LogP contribution in [0.25, 0.3) is 0 Å². The fourth-order valence-corrected chi connectivity index (χ4v) is 1.80. The third-order valence-corrected chi connectivity index (χ3v) is 2.92. The lowest BCUT2D eigenvalue weighted by atomic mass is 10.1. The van der Waals surface area contributed by atoms with Crippen LogP contribution in [-0.2, 0) is 11.3 Å². The normalized spacial score (nSPS) is 10.1. The first-order valence-electron chi connectivity index (χ1n) is 6.26. The Hall–Kier alpha value is -2.96. The molecule has 2 aromatic carbocycles. The van der Waals surface area contributed by atoms with Crippen LogP contribution in [0.2, 0.25) is 0 Å². The van der Waals surface area contributed by atoms with Gasteiger partial charge in [-0.25, -0.2) is 9.18 Å². The molecule has 0 amide bonds. The molecule has 0 N–H and O–H groups in total. The second kappa shape index (κ2) is 6.66. The van der Waals surface area contributed by atoms with Crippen molar-refractivity contribution >= 4 is 11.7 Å². The molecule has 0 radical (unpaired) electrons. The molecular weight excluding hydrogens is 293 g/mol. The first kappa shape index (κ1) is 15.4. The van der Waals surface area contributed by atoms with E-state index in [0.29, 0.717) is 5.56 Å². The second-order valence-corrected chi connectivity index (χ2v) is 4.31. The van der Waals surface area contributed by atoms with Gasteiger partial charge in [0.15, 0.2) is 0 Å². The number of carbonyl (C=O) groups excluding carboxylic acids is 1. The van der Waals surface area contributed by atoms with Gasteiger partial charge in [0.2, 0.25) is 0 Å². The van der Waals surface area contributed by atoms with E-state index in [4.69, 9.17) is 4.74 Å². The molecule has 0 fully saturated rings. The van der Waals surface area contributed by atoms with Gasteiger partial charge in [-0.3, -0.25) is 10.1 Å². The molecule has 114 valence electrons. The summed E-state index contributed by atoms with van der Waals surface area (Å²) in [6, 6.07) is 9.56. The van der Waals surface area contributed by atoms with Crippen LogP contribution < -0.4 is 4.74 Å². The number of halogens is 1. The first-order chi connectivity index (χ1) is 10.5. The quantitative estimate of drug-likeness (QED) is 0.482. The highest BCUT2D eigenvalue weighted by Crippen LogP contribution is 2.26. The van der Waals surface area contributed by atoms with Gasteiger partial charge in [-0.1, -0.05) is 18.2 Å². The van der Waals surface area contributed by atoms with Gasteiger partial charge in [0, 0.05) is 17.7 Å². The van der Waals surface area contributed by atoms with Crippen molar-refractivity contribution in [3.8, 4) is 5.75 Å². The standard InChI is InChI=1S/C15H12FNO5/c1-21-15(18)12-8-11(17(19)20)6-7-14(12)22-9-10-4-2-3-5-13(10)16/h2-8H,9H2,1H3. The van der Waals surface area contributed by atoms with E-state index >= 15 is 0 Å². The van der Waals surface area contributed by atoms with E-state index in [2.05, 4.69) is 4.74 Å². The zero-order chi connectivity index (χ0) is 16.1. The Labute approximate surface area is 125 Å². The van der Waals surface area contributed by atoms with Crippen LogP contribution in [0, 0.1) is 15.9 Å². The molecule has 0 spiro atoms. The Morgan fingerprint density at radius 3 is 2.64 bits per heavy atom. The molecule has 0 aliphatic rings. The van der Waals surface area contributed by atoms with Crippen LogP contribution in [0.4, 0.5) is 10.1 Å². The van der Waals surface area contributed by atoms with Gasteiger partial charge < -0.3 is 9.47 Å². The fraction of sp³-hybridized carbons (Fsp3) is 0.133. The summed E-state index contributed by atoms with van der Waals surface area (Å²) in [5.41, 5.74) is -0.0525. The summed E-state index contributed by atoms with van der Waals surface area (Å²) < 4.78 is 23.5. The second-order valence-electron chi connectivity index (χ2n) is 4.31. The van der Waals surface area contributed by atoms with E-state index in [0.717, 1.165) is 13.2 Å². The third-order valence-electron chi connectivity index (χ3n) is 2.92. The number of hydrogen-bond acceptors (Lipinski definition) is 5. The molecule has 22 heavy (non-hydrogen) atoms. The van der Waals surface area contributed by atoms with Crippen molar-refractivity contribution in [1.82, 2.24) is 0 Å². The molecule has 7 heteroatoms. The van der Waals surface area contributed by atoms with Crippen molar-refractivity contribution < 1.29 is 23.6 Å². The molecule has 0 aliphatic heterocycles. The van der Waals surface area contributed by atoms with E-state index < -0.39 is 16.7 Å². The number of ether oxygens (including phenoxy) is 2. The summed E-state index contributed by atoms with van der Waals surface area (Å²) in [6.07, 6.45) is 0. The summed E-state index contributed by atoms with van der Waals surface area (Å²) in [7, 11) is 1.15. The lowest BCUT2D eigenvalue weighted by Gasteiger charge is -2.10. The first-order valence-corrected chi connectivity index (χ1v) is 6.26. The number of methoxy groups -OCH3 is 1. The maximum Gasteiger partial charge on any atom is 0.341 e. The molecule has 0 atom stereocenters. The molecule has 2 aromatic rings. The van der Waals surface area contributed by atoms with E-state index in [9.17, 15) is 19.3 Å². The van der Waals surface area contributed by atoms with Crippen LogP contribution >= 0.6 is 0 Å². The molecule has 0 bridgehead atoms. The Kier molecular flexibility index (Phi) is 4.67. The van der Waals surface area contributed by atoms with Crippen molar-refractivity contribution in [2.75, 3.05) is 7.11 Å². The minimum absolute atomic E-state index is 0.0840. The van der Waals surface area contributed by atoms with Gasteiger partial charge in [-0.2, -0.15) is 0 Å². The Balaban J connectivity index is 2.28. The van der Waals surface area contributed by atoms with Crippen LogP contribution in [0.3, 0.4) is 0 Å². The van der Waals surface area contributed by atoms with Crippen molar-refractivity contribution in [2.24, 2.45) is 0 Å². The average molecular weight is 305 g/mol. The molecule has 0 heterocycles. The minimum Gasteiger partial charge on any atom is -0.488 e. The third kappa shape index (κ3) is 3.38. The zero-order valence-electron chi connectivity index (χ0n) is 11.6. The number of nitrogens with zero attached hydrogens (tertiary/aromatic N) is 1. The average Bonchev–Trinajstić information content (AvgIpc) is 2.53. The Morgan fingerprint density at radius 2 is 2.00 bits per heavy atom. The summed E-state index contributed by atoms with van der Waals surface area (Å²) in [5.74, 6) is -1.13. The van der Waals surface area contributed by atoms with Crippen molar-refractivity contribution in [2.45, 2.75) is 6.61 Å². The number of hydrogen-bond donors (Lipinski definition) is 0. The summed E-state index contributed by atoms with van der Waals surface area (Å²) in [6.45, 7) is -0.117. The van der Waals surface area contributed by atoms with Gasteiger partial charge in [0.1, 0.15) is 23.7 Å². The maximum absolute atomic E-state index is 13.5. The van der Waals surface area contributed by atoms with Crippen molar-refractivity contribution in [1.29, 1.82) is 0 Å². The number of non-ortho nitro benzene ring substituents is 1. The SMILES string of the molecule is COC(=O)c1cc([N+](=O)[O-])ccc1OCc1ccccc1F. The van der Waals surface area contributed by atoms with Crippen LogP contribution in [0.15, 0.2) is 42.5 Å². The molecule has 6 nitrogen and oxygen atoms in total. The number of nitro benzene ring substituents is 1. The fourth-order valence-electron chi connectivity index (χ4n) is 1.80. The number of carbonyl (C=O) groups is 1. The number of rotatable bonds is 5. The zero-order valence-corrected chi connectivity index (χ0v) is 11.6. The molecule has 0 saturated carbocycles. The van der Waals surface area contributed by atoms with E-state index in [1.54, 1.807) is 18.2 Å². The summed E-state index contributed by atoms with van der Waals surface area (Å²) in [4.78, 5) is 21.8. The number of esters is 1. The van der Waals surface area contributed by atoms with Crippen molar-refractivity contribution in [3.05, 3.63) is 69.5 Å². The highest BCUT2D eigenvalue weighted by atomic mass is 19.1. The number of benzene rings is 2. The lowest BCUT2D eigenvalue weighted by Crippen LogP contribution is -2.07. The summed E-state index contributed by atoms with van der Waals surface area (Å²) in [5, 5.41) is 10.8. The minimum atomic E-state index is -0.771. The van der Waals surface area contributed by atoms with E-state index in [1.807, 2.05) is 0 Å². The highest BCUT2D eigenvalue weighted by molar-refractivity contribution is 5.93. The highest BCUT2D eigenvalue weighted by Gasteiger charge is 2.18. The van der Waals surface area contributed by atoms with Gasteiger partial charge in [0.25, 0.3) is 5.69 Å². The predicted octanol–water partition coefficient (Wildman–Crippen LogP) is 3.10. The molecular formula is C15H12FNO5. The molecule has 0 aliphatic carbocycles. The lowest BCUT2D eigenvalue weighted by molar-refractivity contribution is -0.384. The topological polar surface area (TPSA) is 78.7 Å². The van der Waals surface area contributed by atoms with Crippen LogP contribution in [-0.4, -0.2) is 18.0 Å². The predicted molar refractivity (Wildman–Crippen MR) is 75.2 cm³/mol. The maximum atomic E-state index is 13.5. The molecule has 0 aromatic heterocycles. The van der Waals surface area contributed by atoms with Gasteiger partial charge in [-0.15, -0.1) is 0 Å². The smallest absolute Gasteiger partial charge is 0.341 e. The Morgan fingerprint density at radius 1 is 1.27 bits per heavy atom. The molecule has 2 rings (SSSR count). The van der Waals surface area contributed by atoms with E-state index in [1.165, 1.54) is 18.2 Å². The van der Waals surface area contributed by atoms with Gasteiger partial charge in [0.05, 0.1) is 12.0 Å². The van der Waals surface area contributed by atoms with Crippen molar-refractivity contribution in [3.63, 3.8) is 0 Å². The number of nitro groups is 1. The largest absolute Gasteiger partial charge is 0.488 e. The molecule has 0 unspecified atom stereocenters.